The number of rotatable bonds is 4. The third-order valence-corrected chi connectivity index (χ3v) is 3.79. The maximum atomic E-state index is 9.74. The van der Waals surface area contributed by atoms with Crippen molar-refractivity contribution in [2.45, 2.75) is 24.9 Å². The summed E-state index contributed by atoms with van der Waals surface area (Å²) >= 11 is 0. The molecule has 0 saturated heterocycles. The van der Waals surface area contributed by atoms with Crippen LogP contribution in [0.1, 0.15) is 23.5 Å². The summed E-state index contributed by atoms with van der Waals surface area (Å²) in [5.41, 5.74) is 1.90. The Kier molecular flexibility index (Phi) is 3.24. The van der Waals surface area contributed by atoms with Crippen molar-refractivity contribution in [3.05, 3.63) is 53.6 Å². The van der Waals surface area contributed by atoms with Crippen molar-refractivity contribution in [2.24, 2.45) is 0 Å². The Morgan fingerprint density at radius 2 is 1.70 bits per heavy atom. The van der Waals surface area contributed by atoms with E-state index in [9.17, 15) is 15.3 Å². The van der Waals surface area contributed by atoms with E-state index >= 15 is 0 Å². The largest absolute Gasteiger partial charge is 0.504 e. The molecule has 0 bridgehead atoms. The highest BCUT2D eigenvalue weighted by Gasteiger charge is 2.37. The van der Waals surface area contributed by atoms with Gasteiger partial charge in [0, 0.05) is 24.1 Å². The molecule has 2 aromatic carbocycles. The van der Waals surface area contributed by atoms with Crippen LogP contribution < -0.4 is 5.32 Å². The number of nitrogens with one attached hydrogen (secondary N) is 1. The third-order valence-electron chi connectivity index (χ3n) is 3.79. The lowest BCUT2D eigenvalue weighted by Gasteiger charge is -2.09. The molecular formula is C16H17NO3. The number of benzene rings is 2. The molecule has 3 rings (SSSR count). The number of hydrogen-bond acceptors (Lipinski definition) is 4. The monoisotopic (exact) mass is 271 g/mol. The minimum Gasteiger partial charge on any atom is -0.504 e. The zero-order valence-electron chi connectivity index (χ0n) is 11.0. The van der Waals surface area contributed by atoms with Gasteiger partial charge in [-0.3, -0.25) is 0 Å². The minimum atomic E-state index is -0.459. The molecule has 1 saturated carbocycles. The highest BCUT2D eigenvalue weighted by atomic mass is 16.3. The normalized spacial score (nSPS) is 20.8. The quantitative estimate of drug-likeness (QED) is 0.645. The standard InChI is InChI=1S/C16H17NO3/c18-14-7-6-11(15(19)16(14)20)9-17-13-8-12(13)10-4-2-1-3-5-10/h1-7,12-13,17-20H,8-9H2. The van der Waals surface area contributed by atoms with Crippen LogP contribution in [0, 0.1) is 0 Å². The van der Waals surface area contributed by atoms with E-state index in [1.54, 1.807) is 6.07 Å². The first kappa shape index (κ1) is 12.8. The highest BCUT2D eigenvalue weighted by molar-refractivity contribution is 5.53. The van der Waals surface area contributed by atoms with E-state index < -0.39 is 5.75 Å². The summed E-state index contributed by atoms with van der Waals surface area (Å²) in [5, 5.41) is 31.8. The predicted molar refractivity (Wildman–Crippen MR) is 75.9 cm³/mol. The lowest BCUT2D eigenvalue weighted by molar-refractivity contribution is 0.364. The van der Waals surface area contributed by atoms with E-state index in [4.69, 9.17) is 0 Å². The van der Waals surface area contributed by atoms with Crippen molar-refractivity contribution < 1.29 is 15.3 Å². The first-order valence-corrected chi connectivity index (χ1v) is 6.68. The minimum absolute atomic E-state index is 0.255. The van der Waals surface area contributed by atoms with Gasteiger partial charge in [-0.1, -0.05) is 36.4 Å². The summed E-state index contributed by atoms with van der Waals surface area (Å²) in [6, 6.07) is 13.7. The zero-order chi connectivity index (χ0) is 14.1. The van der Waals surface area contributed by atoms with Crippen LogP contribution in [-0.2, 0) is 6.54 Å². The van der Waals surface area contributed by atoms with Crippen molar-refractivity contribution in [3.8, 4) is 17.2 Å². The van der Waals surface area contributed by atoms with Crippen molar-refractivity contribution >= 4 is 0 Å². The molecule has 0 aromatic heterocycles. The second kappa shape index (κ2) is 5.06. The Morgan fingerprint density at radius 1 is 0.950 bits per heavy atom. The molecule has 1 aliphatic carbocycles. The van der Waals surface area contributed by atoms with Gasteiger partial charge in [0.1, 0.15) is 0 Å². The van der Waals surface area contributed by atoms with E-state index in [1.807, 2.05) is 18.2 Å². The van der Waals surface area contributed by atoms with E-state index in [0.29, 0.717) is 24.1 Å². The molecule has 1 fully saturated rings. The number of phenols is 3. The fourth-order valence-corrected chi connectivity index (χ4v) is 2.48. The van der Waals surface area contributed by atoms with Gasteiger partial charge < -0.3 is 20.6 Å². The van der Waals surface area contributed by atoms with Gasteiger partial charge in [0.15, 0.2) is 11.5 Å². The van der Waals surface area contributed by atoms with Crippen molar-refractivity contribution in [3.63, 3.8) is 0 Å². The SMILES string of the molecule is Oc1ccc(CNC2CC2c2ccccc2)c(O)c1O. The average molecular weight is 271 g/mol. The molecule has 2 aromatic rings. The molecular weight excluding hydrogens is 254 g/mol. The fourth-order valence-electron chi connectivity index (χ4n) is 2.48. The number of phenolic OH excluding ortho intramolecular Hbond substituents is 3. The summed E-state index contributed by atoms with van der Waals surface area (Å²) in [6.07, 6.45) is 1.08. The molecule has 0 radical (unpaired) electrons. The zero-order valence-corrected chi connectivity index (χ0v) is 11.0. The predicted octanol–water partition coefficient (Wildman–Crippen LogP) is 2.45. The van der Waals surface area contributed by atoms with Crippen LogP contribution in [-0.4, -0.2) is 21.4 Å². The van der Waals surface area contributed by atoms with E-state index in [0.717, 1.165) is 6.42 Å². The molecule has 0 heterocycles. The Bertz CT molecular complexity index is 613. The highest BCUT2D eigenvalue weighted by Crippen LogP contribution is 2.42. The van der Waals surface area contributed by atoms with Gasteiger partial charge in [-0.2, -0.15) is 0 Å². The second-order valence-electron chi connectivity index (χ2n) is 5.18. The molecule has 20 heavy (non-hydrogen) atoms. The van der Waals surface area contributed by atoms with Gasteiger partial charge in [0.05, 0.1) is 0 Å². The van der Waals surface area contributed by atoms with Crippen LogP contribution in [0.5, 0.6) is 17.2 Å². The van der Waals surface area contributed by atoms with Crippen molar-refractivity contribution in [2.75, 3.05) is 0 Å². The molecule has 2 atom stereocenters. The molecule has 0 amide bonds. The van der Waals surface area contributed by atoms with Crippen molar-refractivity contribution in [1.82, 2.24) is 5.32 Å². The number of hydrogen-bond donors (Lipinski definition) is 4. The molecule has 4 nitrogen and oxygen atoms in total. The molecule has 4 heteroatoms. The Labute approximate surface area is 117 Å². The van der Waals surface area contributed by atoms with Crippen LogP contribution in [0.2, 0.25) is 0 Å². The number of aromatic hydroxyl groups is 3. The first-order valence-electron chi connectivity index (χ1n) is 6.68. The maximum Gasteiger partial charge on any atom is 0.200 e. The molecule has 2 unspecified atom stereocenters. The van der Waals surface area contributed by atoms with E-state index in [-0.39, 0.29) is 11.5 Å². The van der Waals surface area contributed by atoms with Crippen LogP contribution in [0.15, 0.2) is 42.5 Å². The second-order valence-corrected chi connectivity index (χ2v) is 5.18. The Morgan fingerprint density at radius 3 is 2.45 bits per heavy atom. The molecule has 0 aliphatic heterocycles. The fraction of sp³-hybridized carbons (Fsp3) is 0.250. The van der Waals surface area contributed by atoms with Gasteiger partial charge in [-0.05, 0) is 18.1 Å². The maximum absolute atomic E-state index is 9.74. The van der Waals surface area contributed by atoms with Crippen LogP contribution in [0.4, 0.5) is 0 Å². The van der Waals surface area contributed by atoms with Crippen molar-refractivity contribution in [1.29, 1.82) is 0 Å². The van der Waals surface area contributed by atoms with Gasteiger partial charge in [-0.15, -0.1) is 0 Å². The Hall–Kier alpha value is -2.20. The van der Waals surface area contributed by atoms with E-state index in [1.165, 1.54) is 11.6 Å². The average Bonchev–Trinajstić information content (AvgIpc) is 3.25. The van der Waals surface area contributed by atoms with Gasteiger partial charge in [0.25, 0.3) is 0 Å². The lowest BCUT2D eigenvalue weighted by Crippen LogP contribution is -2.17. The molecule has 0 spiro atoms. The van der Waals surface area contributed by atoms with Crippen LogP contribution in [0.3, 0.4) is 0 Å². The third kappa shape index (κ3) is 2.42. The topological polar surface area (TPSA) is 72.7 Å². The first-order chi connectivity index (χ1) is 9.66. The molecule has 104 valence electrons. The Balaban J connectivity index is 1.61. The summed E-state index contributed by atoms with van der Waals surface area (Å²) in [6.45, 7) is 0.466. The van der Waals surface area contributed by atoms with E-state index in [2.05, 4.69) is 17.4 Å². The van der Waals surface area contributed by atoms with Crippen LogP contribution >= 0.6 is 0 Å². The lowest BCUT2D eigenvalue weighted by atomic mass is 10.1. The van der Waals surface area contributed by atoms with Crippen LogP contribution in [0.25, 0.3) is 0 Å². The summed E-state index contributed by atoms with van der Waals surface area (Å²) in [7, 11) is 0. The summed E-state index contributed by atoms with van der Waals surface area (Å²) in [4.78, 5) is 0. The summed E-state index contributed by atoms with van der Waals surface area (Å²) < 4.78 is 0. The summed E-state index contributed by atoms with van der Waals surface area (Å²) in [5.74, 6) is -0.502. The smallest absolute Gasteiger partial charge is 0.200 e. The molecule has 1 aliphatic rings. The molecule has 4 N–H and O–H groups in total. The van der Waals surface area contributed by atoms with Gasteiger partial charge in [-0.25, -0.2) is 0 Å². The van der Waals surface area contributed by atoms with Gasteiger partial charge >= 0.3 is 0 Å². The van der Waals surface area contributed by atoms with Gasteiger partial charge in [0.2, 0.25) is 5.75 Å².